The molecule has 2 aromatic heterocycles. The topological polar surface area (TPSA) is 154 Å². The van der Waals surface area contributed by atoms with E-state index < -0.39 is 4.92 Å². The van der Waals surface area contributed by atoms with E-state index in [4.69, 9.17) is 48.4 Å². The number of halogens is 4. The number of hydrogen-bond acceptors (Lipinski definition) is 9. The number of carbonyl (C=O) groups excluding carboxylic acids is 2. The Morgan fingerprint density at radius 2 is 1.10 bits per heavy atom. The molecule has 16 heteroatoms. The third kappa shape index (κ3) is 9.36. The molecule has 0 atom stereocenters. The van der Waals surface area contributed by atoms with Crippen molar-refractivity contribution in [2.75, 3.05) is 45.1 Å². The van der Waals surface area contributed by atoms with Crippen molar-refractivity contribution in [1.82, 2.24) is 19.8 Å². The molecule has 2 N–H and O–H groups in total. The van der Waals surface area contributed by atoms with Gasteiger partial charge in [-0.3, -0.25) is 20.1 Å². The van der Waals surface area contributed by atoms with Crippen LogP contribution in [0.2, 0.25) is 10.0 Å². The fourth-order valence-corrected chi connectivity index (χ4v) is 9.60. The molecule has 2 amide bonds. The molecule has 0 saturated carbocycles. The van der Waals surface area contributed by atoms with Crippen molar-refractivity contribution < 1.29 is 24.0 Å². The number of hydrogen-bond donors (Lipinski definition) is 1. The number of benzene rings is 2. The van der Waals surface area contributed by atoms with Crippen LogP contribution in [-0.4, -0.2) is 76.3 Å². The zero-order chi connectivity index (χ0) is 42.7. The summed E-state index contributed by atoms with van der Waals surface area (Å²) in [5, 5.41) is 12.3. The van der Waals surface area contributed by atoms with E-state index in [1.807, 2.05) is 25.3 Å². The van der Waals surface area contributed by atoms with Crippen LogP contribution >= 0.6 is 55.1 Å². The number of pyridine rings is 2. The van der Waals surface area contributed by atoms with Gasteiger partial charge in [-0.15, -0.1) is 0 Å². The zero-order valence-electron chi connectivity index (χ0n) is 33.3. The highest BCUT2D eigenvalue weighted by molar-refractivity contribution is 9.10. The van der Waals surface area contributed by atoms with Gasteiger partial charge in [-0.1, -0.05) is 34.3 Å². The minimum absolute atomic E-state index is 0.108. The number of nitrogen functional groups attached to an aromatic ring is 1. The molecule has 2 aliphatic carbocycles. The Hall–Kier alpha value is -4.50. The van der Waals surface area contributed by atoms with E-state index in [0.29, 0.717) is 69.4 Å². The first-order chi connectivity index (χ1) is 28.9. The van der Waals surface area contributed by atoms with E-state index in [2.05, 4.69) is 44.0 Å². The number of rotatable bonds is 3. The van der Waals surface area contributed by atoms with Crippen LogP contribution in [0.3, 0.4) is 0 Å². The smallest absolute Gasteiger partial charge is 0.409 e. The van der Waals surface area contributed by atoms with Gasteiger partial charge in [0.25, 0.3) is 5.69 Å². The fraction of sp³-hybridized carbons (Fsp3) is 0.364. The van der Waals surface area contributed by atoms with Crippen molar-refractivity contribution in [3.05, 3.63) is 134 Å². The number of amides is 2. The molecule has 314 valence electrons. The van der Waals surface area contributed by atoms with Gasteiger partial charge in [0.1, 0.15) is 5.02 Å². The van der Waals surface area contributed by atoms with E-state index in [1.165, 1.54) is 16.7 Å². The average molecular weight is 984 g/mol. The molecular weight excluding hydrogens is 939 g/mol. The average Bonchev–Trinajstić information content (AvgIpc) is 3.48. The summed E-state index contributed by atoms with van der Waals surface area (Å²) in [6.45, 7) is 6.70. The largest absolute Gasteiger partial charge is 0.450 e. The number of ether oxygens (including phenoxy) is 2. The molecule has 2 fully saturated rings. The number of nitro groups is 1. The maximum Gasteiger partial charge on any atom is 0.409 e. The van der Waals surface area contributed by atoms with Gasteiger partial charge in [0.15, 0.2) is 0 Å². The molecule has 4 aliphatic rings. The number of anilines is 1. The molecule has 2 saturated heterocycles. The summed E-state index contributed by atoms with van der Waals surface area (Å²) in [4.78, 5) is 48.3. The molecule has 0 unspecified atom stereocenters. The summed E-state index contributed by atoms with van der Waals surface area (Å²) in [7, 11) is 0. The number of carbonyl (C=O) groups is 2. The Morgan fingerprint density at radius 1 is 0.683 bits per heavy atom. The number of fused-ring (bicyclic) bond motifs is 4. The van der Waals surface area contributed by atoms with Gasteiger partial charge < -0.3 is 25.0 Å². The molecular formula is C44H44Br2Cl2N6O6. The number of piperidine rings is 2. The molecule has 2 aromatic carbocycles. The number of likely N-dealkylation sites (tertiary alicyclic amines) is 2. The number of nitro benzene ring substituents is 1. The van der Waals surface area contributed by atoms with Gasteiger partial charge in [-0.25, -0.2) is 9.59 Å². The lowest BCUT2D eigenvalue weighted by atomic mass is 9.88. The predicted octanol–water partition coefficient (Wildman–Crippen LogP) is 10.8. The van der Waals surface area contributed by atoms with Gasteiger partial charge in [0, 0.05) is 64.7 Å². The summed E-state index contributed by atoms with van der Waals surface area (Å²) in [5.41, 5.74) is 19.4. The van der Waals surface area contributed by atoms with Crippen molar-refractivity contribution in [2.45, 2.75) is 65.2 Å². The highest BCUT2D eigenvalue weighted by atomic mass is 79.9. The van der Waals surface area contributed by atoms with Crippen LogP contribution < -0.4 is 5.73 Å². The first kappa shape index (κ1) is 43.6. The standard InChI is InChI=1S/C22H21BrClN3O4.C22H23BrClN3O2/c1-2-31-22(28)26-7-5-13(6-8-26)20-17-11-19(27(29)30)18(24)10-14(17)3-4-15-9-16(23)12-25-21(15)20;1-2-29-22(28)27-7-5-13(6-8-27)20-17-11-19(25)18(24)10-14(17)3-4-15-9-16(23)12-26-21(15)20/h9-12H,2-8H2,1H3;9-12H,2-8,25H2,1H3. The number of nitrogens with zero attached hydrogens (tertiary/aromatic N) is 5. The van der Waals surface area contributed by atoms with Crippen molar-refractivity contribution >= 4 is 89.8 Å². The van der Waals surface area contributed by atoms with Crippen LogP contribution in [0.5, 0.6) is 0 Å². The van der Waals surface area contributed by atoms with Crippen LogP contribution in [0.25, 0.3) is 11.1 Å². The van der Waals surface area contributed by atoms with E-state index >= 15 is 0 Å². The van der Waals surface area contributed by atoms with Crippen molar-refractivity contribution in [3.63, 3.8) is 0 Å². The van der Waals surface area contributed by atoms with Gasteiger partial charge in [-0.05, 0) is 161 Å². The van der Waals surface area contributed by atoms with Gasteiger partial charge >= 0.3 is 12.2 Å². The maximum atomic E-state index is 12.1. The minimum Gasteiger partial charge on any atom is -0.450 e. The second-order valence-corrected chi connectivity index (χ2v) is 17.5. The zero-order valence-corrected chi connectivity index (χ0v) is 38.0. The minimum atomic E-state index is -0.449. The van der Waals surface area contributed by atoms with Gasteiger partial charge in [-0.2, -0.15) is 0 Å². The second-order valence-electron chi connectivity index (χ2n) is 14.9. The first-order valence-corrected chi connectivity index (χ1v) is 22.3. The van der Waals surface area contributed by atoms with Crippen LogP contribution in [0.15, 0.2) is 68.9 Å². The Bertz CT molecular complexity index is 2420. The Balaban J connectivity index is 0.000000182. The summed E-state index contributed by atoms with van der Waals surface area (Å²) in [6, 6.07) is 11.5. The second kappa shape index (κ2) is 19.0. The van der Waals surface area contributed by atoms with Crippen molar-refractivity contribution in [1.29, 1.82) is 0 Å². The predicted molar refractivity (Wildman–Crippen MR) is 240 cm³/mol. The Morgan fingerprint density at radius 3 is 1.53 bits per heavy atom. The summed E-state index contributed by atoms with van der Waals surface area (Å²) < 4.78 is 12.2. The van der Waals surface area contributed by atoms with E-state index in [1.54, 1.807) is 35.1 Å². The van der Waals surface area contributed by atoms with E-state index in [-0.39, 0.29) is 22.9 Å². The van der Waals surface area contributed by atoms with Crippen LogP contribution in [0.1, 0.15) is 84.3 Å². The lowest BCUT2D eigenvalue weighted by Gasteiger charge is -2.29. The number of aromatic nitrogens is 2. The molecule has 2 aliphatic heterocycles. The number of aryl methyl sites for hydroxylation is 4. The van der Waals surface area contributed by atoms with Gasteiger partial charge in [0.05, 0.1) is 40.2 Å². The fourth-order valence-electron chi connectivity index (χ4n) is 8.40. The lowest BCUT2D eigenvalue weighted by Crippen LogP contribution is -2.37. The maximum absolute atomic E-state index is 12.1. The molecule has 0 spiro atoms. The summed E-state index contributed by atoms with van der Waals surface area (Å²) >= 11 is 19.6. The Kier molecular flexibility index (Phi) is 13.8. The monoisotopic (exact) mass is 980 g/mol. The van der Waals surface area contributed by atoms with Gasteiger partial charge in [0.2, 0.25) is 0 Å². The third-order valence-corrected chi connectivity index (χ3v) is 12.8. The molecule has 60 heavy (non-hydrogen) atoms. The SMILES string of the molecule is CCOC(=O)N1CCC(=C2c3cc(N)c(Cl)cc3CCc3cc(Br)cnc32)CC1.CCOC(=O)N1CCC(=C2c3cc([N+](=O)[O-])c(Cl)cc3CCc3cc(Br)cnc32)CC1. The van der Waals surface area contributed by atoms with Crippen molar-refractivity contribution in [2.24, 2.45) is 0 Å². The first-order valence-electron chi connectivity index (χ1n) is 20.0. The third-order valence-electron chi connectivity index (χ3n) is 11.3. The van der Waals surface area contributed by atoms with E-state index in [0.717, 1.165) is 91.4 Å². The number of nitrogens with two attached hydrogens (primary N) is 1. The molecule has 4 aromatic rings. The van der Waals surface area contributed by atoms with Crippen LogP contribution in [-0.2, 0) is 35.2 Å². The highest BCUT2D eigenvalue weighted by Crippen LogP contribution is 2.43. The summed E-state index contributed by atoms with van der Waals surface area (Å²) in [6.07, 6.45) is 9.17. The van der Waals surface area contributed by atoms with Crippen LogP contribution in [0.4, 0.5) is 21.0 Å². The Labute approximate surface area is 375 Å². The molecule has 0 bridgehead atoms. The lowest BCUT2D eigenvalue weighted by molar-refractivity contribution is -0.384. The molecule has 12 nitrogen and oxygen atoms in total. The van der Waals surface area contributed by atoms with E-state index in [9.17, 15) is 19.7 Å². The summed E-state index contributed by atoms with van der Waals surface area (Å²) in [5.74, 6) is 0. The molecule has 4 heterocycles. The molecule has 0 radical (unpaired) electrons. The van der Waals surface area contributed by atoms with Crippen molar-refractivity contribution in [3.8, 4) is 0 Å². The normalized spacial score (nSPS) is 16.0. The quantitative estimate of drug-likeness (QED) is 0.120. The molecule has 8 rings (SSSR count). The highest BCUT2D eigenvalue weighted by Gasteiger charge is 2.31. The van der Waals surface area contributed by atoms with Crippen LogP contribution in [0, 0.1) is 10.1 Å².